The monoisotopic (exact) mass is 483 g/mol. The third-order valence-corrected chi connectivity index (χ3v) is 5.29. The summed E-state index contributed by atoms with van der Waals surface area (Å²) >= 11 is 0. The summed E-state index contributed by atoms with van der Waals surface area (Å²) in [4.78, 5) is 12.0. The van der Waals surface area contributed by atoms with Gasteiger partial charge in [-0.05, 0) is 55.3 Å². The zero-order chi connectivity index (χ0) is 25.0. The van der Waals surface area contributed by atoms with E-state index >= 15 is 0 Å². The molecule has 9 heteroatoms. The largest absolute Gasteiger partial charge is 0.493 e. The topological polar surface area (TPSA) is 115 Å². The molecule has 0 radical (unpaired) electrons. The molecule has 1 heterocycles. The second-order valence-corrected chi connectivity index (χ2v) is 7.99. The minimum absolute atomic E-state index is 0.0562. The van der Waals surface area contributed by atoms with Gasteiger partial charge in [-0.3, -0.25) is 4.79 Å². The Bertz CT molecular complexity index is 1070. The number of aliphatic hydroxyl groups is 1. The second kappa shape index (κ2) is 13.4. The van der Waals surface area contributed by atoms with E-state index in [1.54, 1.807) is 44.7 Å². The lowest BCUT2D eigenvalue weighted by Crippen LogP contribution is -2.32. The Balaban J connectivity index is 1.51. The van der Waals surface area contributed by atoms with Crippen molar-refractivity contribution in [2.75, 3.05) is 39.2 Å². The minimum atomic E-state index is -0.716. The summed E-state index contributed by atoms with van der Waals surface area (Å²) in [6.07, 6.45) is 2.81. The number of carbonyl (C=O) groups excluding carboxylic acids is 1. The number of hydrogen-bond acceptors (Lipinski definition) is 8. The van der Waals surface area contributed by atoms with Crippen molar-refractivity contribution in [1.29, 1.82) is 0 Å². The van der Waals surface area contributed by atoms with Crippen molar-refractivity contribution in [1.82, 2.24) is 10.5 Å². The van der Waals surface area contributed by atoms with Crippen LogP contribution in [0.5, 0.6) is 17.2 Å². The van der Waals surface area contributed by atoms with Gasteiger partial charge in [-0.15, -0.1) is 0 Å². The van der Waals surface area contributed by atoms with Crippen LogP contribution in [0.2, 0.25) is 0 Å². The van der Waals surface area contributed by atoms with E-state index in [1.807, 2.05) is 25.1 Å². The molecule has 188 valence electrons. The van der Waals surface area contributed by atoms with E-state index < -0.39 is 6.10 Å². The molecule has 3 N–H and O–H groups in total. The van der Waals surface area contributed by atoms with E-state index in [9.17, 15) is 9.90 Å². The maximum absolute atomic E-state index is 12.0. The fraction of sp³-hybridized carbons (Fsp3) is 0.385. The highest BCUT2D eigenvalue weighted by molar-refractivity contribution is 5.91. The van der Waals surface area contributed by atoms with Crippen molar-refractivity contribution < 1.29 is 28.6 Å². The number of nitrogens with zero attached hydrogens (tertiary/aromatic N) is 1. The third-order valence-electron chi connectivity index (χ3n) is 5.29. The lowest BCUT2D eigenvalue weighted by molar-refractivity contribution is -0.116. The minimum Gasteiger partial charge on any atom is -0.493 e. The van der Waals surface area contributed by atoms with E-state index in [2.05, 4.69) is 15.8 Å². The molecule has 1 atom stereocenters. The molecule has 0 aliphatic rings. The van der Waals surface area contributed by atoms with Gasteiger partial charge in [0.15, 0.2) is 17.3 Å². The maximum Gasteiger partial charge on any atom is 0.224 e. The number of benzene rings is 2. The zero-order valence-corrected chi connectivity index (χ0v) is 20.4. The van der Waals surface area contributed by atoms with Crippen LogP contribution in [0, 0.1) is 0 Å². The average molecular weight is 484 g/mol. The van der Waals surface area contributed by atoms with E-state index in [0.29, 0.717) is 53.8 Å². The Morgan fingerprint density at radius 1 is 1.09 bits per heavy atom. The van der Waals surface area contributed by atoms with Crippen molar-refractivity contribution >= 4 is 11.6 Å². The molecule has 2 aromatic carbocycles. The van der Waals surface area contributed by atoms with Gasteiger partial charge in [0.1, 0.15) is 18.5 Å². The Hall–Kier alpha value is -3.56. The fourth-order valence-corrected chi connectivity index (χ4v) is 3.51. The van der Waals surface area contributed by atoms with Crippen LogP contribution >= 0.6 is 0 Å². The van der Waals surface area contributed by atoms with Gasteiger partial charge in [-0.2, -0.15) is 0 Å². The van der Waals surface area contributed by atoms with Crippen molar-refractivity contribution in [2.24, 2.45) is 0 Å². The number of carbonyl (C=O) groups is 1. The summed E-state index contributed by atoms with van der Waals surface area (Å²) in [5.74, 6) is 2.36. The van der Waals surface area contributed by atoms with Gasteiger partial charge < -0.3 is 34.5 Å². The van der Waals surface area contributed by atoms with E-state index in [-0.39, 0.29) is 12.5 Å². The molecule has 3 aromatic rings. The predicted molar refractivity (Wildman–Crippen MR) is 133 cm³/mol. The van der Waals surface area contributed by atoms with Crippen LogP contribution in [-0.2, 0) is 11.2 Å². The van der Waals surface area contributed by atoms with Crippen LogP contribution in [0.4, 0.5) is 5.69 Å². The SMILES string of the molecule is CCCC(=O)Nc1ccc(OC[C@H](O)CNCCc2ccc(OC)c(OC)c2)c(-c2ccno2)c1. The lowest BCUT2D eigenvalue weighted by atomic mass is 10.1. The number of amides is 1. The normalized spacial score (nSPS) is 11.7. The van der Waals surface area contributed by atoms with Gasteiger partial charge >= 0.3 is 0 Å². The zero-order valence-electron chi connectivity index (χ0n) is 20.4. The molecule has 0 aliphatic carbocycles. The summed E-state index contributed by atoms with van der Waals surface area (Å²) in [7, 11) is 3.22. The van der Waals surface area contributed by atoms with Crippen LogP contribution in [0.1, 0.15) is 25.3 Å². The quantitative estimate of drug-likeness (QED) is 0.298. The van der Waals surface area contributed by atoms with Gasteiger partial charge in [0.25, 0.3) is 0 Å². The molecule has 9 nitrogen and oxygen atoms in total. The number of hydrogen-bond donors (Lipinski definition) is 3. The Morgan fingerprint density at radius 3 is 2.60 bits per heavy atom. The van der Waals surface area contributed by atoms with Crippen LogP contribution in [0.3, 0.4) is 0 Å². The number of anilines is 1. The molecular formula is C26H33N3O6. The van der Waals surface area contributed by atoms with Crippen molar-refractivity contribution in [3.8, 4) is 28.6 Å². The second-order valence-electron chi connectivity index (χ2n) is 7.99. The Labute approximate surface area is 205 Å². The Morgan fingerprint density at radius 2 is 1.89 bits per heavy atom. The molecule has 3 rings (SSSR count). The molecular weight excluding hydrogens is 450 g/mol. The smallest absolute Gasteiger partial charge is 0.224 e. The molecule has 0 fully saturated rings. The van der Waals surface area contributed by atoms with Crippen LogP contribution in [0.25, 0.3) is 11.3 Å². The van der Waals surface area contributed by atoms with Gasteiger partial charge in [-0.25, -0.2) is 0 Å². The number of rotatable bonds is 14. The maximum atomic E-state index is 12.0. The predicted octanol–water partition coefficient (Wildman–Crippen LogP) is 3.67. The van der Waals surface area contributed by atoms with Gasteiger partial charge in [-0.1, -0.05) is 18.1 Å². The number of aromatic nitrogens is 1. The number of nitrogens with one attached hydrogen (secondary N) is 2. The van der Waals surface area contributed by atoms with Crippen molar-refractivity contribution in [2.45, 2.75) is 32.3 Å². The first-order valence-electron chi connectivity index (χ1n) is 11.6. The molecule has 0 saturated heterocycles. The van der Waals surface area contributed by atoms with Crippen molar-refractivity contribution in [3.63, 3.8) is 0 Å². The highest BCUT2D eigenvalue weighted by Crippen LogP contribution is 2.33. The first-order valence-corrected chi connectivity index (χ1v) is 11.6. The standard InChI is InChI=1S/C26H33N3O6/c1-4-5-26(31)29-19-7-9-22(21(15-19)23-11-13-28-35-23)34-17-20(30)16-27-12-10-18-6-8-24(32-2)25(14-18)33-3/h6-9,11,13-15,20,27,30H,4-5,10,12,16-17H2,1-3H3,(H,29,31)/t20-/m1/s1. The molecule has 35 heavy (non-hydrogen) atoms. The average Bonchev–Trinajstić information content (AvgIpc) is 3.40. The molecule has 0 unspecified atom stereocenters. The summed E-state index contributed by atoms with van der Waals surface area (Å²) < 4.78 is 21.8. The van der Waals surface area contributed by atoms with Crippen LogP contribution in [-0.4, -0.2) is 56.2 Å². The fourth-order valence-electron chi connectivity index (χ4n) is 3.51. The van der Waals surface area contributed by atoms with Gasteiger partial charge in [0, 0.05) is 24.7 Å². The first kappa shape index (κ1) is 26.1. The molecule has 1 amide bonds. The first-order chi connectivity index (χ1) is 17.0. The van der Waals surface area contributed by atoms with Crippen LogP contribution < -0.4 is 24.8 Å². The Kier molecular flexibility index (Phi) is 9.94. The molecule has 0 aliphatic heterocycles. The van der Waals surface area contributed by atoms with Gasteiger partial charge in [0.05, 0.1) is 26.0 Å². The summed E-state index contributed by atoms with van der Waals surface area (Å²) in [5.41, 5.74) is 2.38. The van der Waals surface area contributed by atoms with E-state index in [1.165, 1.54) is 0 Å². The highest BCUT2D eigenvalue weighted by atomic mass is 16.5. The molecule has 0 bridgehead atoms. The van der Waals surface area contributed by atoms with Crippen LogP contribution in [0.15, 0.2) is 53.2 Å². The summed E-state index contributed by atoms with van der Waals surface area (Å²) in [5, 5.41) is 20.3. The molecule has 0 saturated carbocycles. The molecule has 1 aromatic heterocycles. The number of ether oxygens (including phenoxy) is 3. The molecule has 0 spiro atoms. The van der Waals surface area contributed by atoms with E-state index in [4.69, 9.17) is 18.7 Å². The lowest BCUT2D eigenvalue weighted by Gasteiger charge is -2.16. The summed E-state index contributed by atoms with van der Waals surface area (Å²) in [6, 6.07) is 12.8. The van der Waals surface area contributed by atoms with Crippen molar-refractivity contribution in [3.05, 3.63) is 54.2 Å². The third kappa shape index (κ3) is 7.73. The number of methoxy groups -OCH3 is 2. The van der Waals surface area contributed by atoms with E-state index in [0.717, 1.165) is 18.4 Å². The summed E-state index contributed by atoms with van der Waals surface area (Å²) in [6.45, 7) is 3.09. The number of aliphatic hydroxyl groups excluding tert-OH is 1. The highest BCUT2D eigenvalue weighted by Gasteiger charge is 2.14. The van der Waals surface area contributed by atoms with Gasteiger partial charge in [0.2, 0.25) is 5.91 Å².